The zero-order chi connectivity index (χ0) is 11.7. The van der Waals surface area contributed by atoms with E-state index in [0.717, 1.165) is 30.2 Å². The summed E-state index contributed by atoms with van der Waals surface area (Å²) in [5, 5.41) is 7.91. The molecule has 1 saturated heterocycles. The van der Waals surface area contributed by atoms with Crippen LogP contribution in [-0.4, -0.2) is 27.7 Å². The summed E-state index contributed by atoms with van der Waals surface area (Å²) in [4.78, 5) is 4.58. The fraction of sp³-hybridized carbons (Fsp3) is 0.500. The van der Waals surface area contributed by atoms with Crippen LogP contribution in [0.15, 0.2) is 18.3 Å². The molecule has 0 bridgehead atoms. The first-order chi connectivity index (χ1) is 8.38. The van der Waals surface area contributed by atoms with Crippen LogP contribution in [0.5, 0.6) is 5.75 Å². The average molecular weight is 232 g/mol. The number of hydrogen-bond donors (Lipinski definition) is 1. The van der Waals surface area contributed by atoms with Crippen molar-refractivity contribution in [1.82, 2.24) is 19.9 Å². The van der Waals surface area contributed by atoms with Crippen LogP contribution in [0.4, 0.5) is 0 Å². The number of fused-ring (bicyclic) bond motifs is 1. The van der Waals surface area contributed by atoms with E-state index in [2.05, 4.69) is 15.4 Å². The molecule has 0 spiro atoms. The first kappa shape index (κ1) is 10.5. The number of ether oxygens (including phenoxy) is 1. The Bertz CT molecular complexity index is 516. The Morgan fingerprint density at radius 3 is 3.29 bits per heavy atom. The van der Waals surface area contributed by atoms with E-state index in [1.54, 1.807) is 4.52 Å². The molecule has 2 aromatic rings. The van der Waals surface area contributed by atoms with Crippen LogP contribution < -0.4 is 10.1 Å². The number of nitrogens with zero attached hydrogens (tertiary/aromatic N) is 3. The molecule has 1 N–H and O–H groups in total. The van der Waals surface area contributed by atoms with E-state index in [1.165, 1.54) is 6.42 Å². The topological polar surface area (TPSA) is 51.5 Å². The Labute approximate surface area is 99.8 Å². The number of pyridine rings is 1. The highest BCUT2D eigenvalue weighted by Crippen LogP contribution is 2.23. The van der Waals surface area contributed by atoms with Crippen molar-refractivity contribution >= 4 is 5.65 Å². The van der Waals surface area contributed by atoms with Crippen LogP contribution in [-0.2, 0) is 0 Å². The van der Waals surface area contributed by atoms with Crippen LogP contribution in [0.2, 0.25) is 0 Å². The van der Waals surface area contributed by atoms with Crippen molar-refractivity contribution < 1.29 is 4.74 Å². The van der Waals surface area contributed by atoms with E-state index in [-0.39, 0.29) is 0 Å². The summed E-state index contributed by atoms with van der Waals surface area (Å²) in [6, 6.07) is 4.15. The summed E-state index contributed by atoms with van der Waals surface area (Å²) in [5.41, 5.74) is 0.804. The number of nitrogens with one attached hydrogen (secondary N) is 1. The minimum Gasteiger partial charge on any atom is -0.490 e. The molecule has 1 aliphatic heterocycles. The van der Waals surface area contributed by atoms with Crippen LogP contribution in [0, 0.1) is 0 Å². The molecule has 0 aliphatic carbocycles. The van der Waals surface area contributed by atoms with E-state index in [0.29, 0.717) is 12.6 Å². The van der Waals surface area contributed by atoms with E-state index in [4.69, 9.17) is 4.74 Å². The fourth-order valence-electron chi connectivity index (χ4n) is 2.22. The number of hydrogen-bond acceptors (Lipinski definition) is 4. The van der Waals surface area contributed by atoms with Gasteiger partial charge in [0, 0.05) is 6.20 Å². The molecule has 0 radical (unpaired) electrons. The molecule has 3 rings (SSSR count). The quantitative estimate of drug-likeness (QED) is 0.872. The van der Waals surface area contributed by atoms with E-state index in [1.807, 2.05) is 25.3 Å². The van der Waals surface area contributed by atoms with Gasteiger partial charge in [-0.15, -0.1) is 5.10 Å². The summed E-state index contributed by atoms with van der Waals surface area (Å²) < 4.78 is 7.34. The predicted molar refractivity (Wildman–Crippen MR) is 64.1 cm³/mol. The molecule has 1 unspecified atom stereocenters. The van der Waals surface area contributed by atoms with Gasteiger partial charge in [0.15, 0.2) is 17.2 Å². The van der Waals surface area contributed by atoms with Gasteiger partial charge < -0.3 is 10.1 Å². The highest BCUT2D eigenvalue weighted by atomic mass is 16.5. The predicted octanol–water partition coefficient (Wildman–Crippen LogP) is 1.55. The van der Waals surface area contributed by atoms with Crippen LogP contribution >= 0.6 is 0 Å². The fourth-order valence-corrected chi connectivity index (χ4v) is 2.22. The number of rotatable bonds is 3. The maximum Gasteiger partial charge on any atom is 0.198 e. The Morgan fingerprint density at radius 1 is 1.59 bits per heavy atom. The monoisotopic (exact) mass is 232 g/mol. The maximum absolute atomic E-state index is 5.55. The molecule has 5 heteroatoms. The first-order valence-corrected chi connectivity index (χ1v) is 6.10. The summed E-state index contributed by atoms with van der Waals surface area (Å²) in [6.45, 7) is 3.67. The molecule has 90 valence electrons. The maximum atomic E-state index is 5.55. The second kappa shape index (κ2) is 4.33. The third-order valence-electron chi connectivity index (χ3n) is 3.01. The second-order valence-corrected chi connectivity index (χ2v) is 4.19. The van der Waals surface area contributed by atoms with Gasteiger partial charge in [-0.05, 0) is 38.4 Å². The minimum atomic E-state index is 0.296. The number of aromatic nitrogens is 3. The Hall–Kier alpha value is -1.62. The van der Waals surface area contributed by atoms with Crippen LogP contribution in [0.3, 0.4) is 0 Å². The first-order valence-electron chi connectivity index (χ1n) is 6.10. The molecule has 0 aromatic carbocycles. The average Bonchev–Trinajstić information content (AvgIpc) is 2.98. The van der Waals surface area contributed by atoms with Crippen molar-refractivity contribution in [2.45, 2.75) is 25.8 Å². The zero-order valence-corrected chi connectivity index (χ0v) is 9.89. The highest BCUT2D eigenvalue weighted by Gasteiger charge is 2.21. The Balaban J connectivity index is 2.02. The van der Waals surface area contributed by atoms with Gasteiger partial charge in [-0.1, -0.05) is 0 Å². The normalized spacial score (nSPS) is 19.9. The smallest absolute Gasteiger partial charge is 0.198 e. The van der Waals surface area contributed by atoms with Crippen molar-refractivity contribution in [1.29, 1.82) is 0 Å². The Morgan fingerprint density at radius 2 is 2.53 bits per heavy atom. The highest BCUT2D eigenvalue weighted by molar-refractivity contribution is 5.52. The van der Waals surface area contributed by atoms with Gasteiger partial charge in [0.05, 0.1) is 12.6 Å². The van der Waals surface area contributed by atoms with Crippen molar-refractivity contribution in [2.75, 3.05) is 13.2 Å². The van der Waals surface area contributed by atoms with E-state index in [9.17, 15) is 0 Å². The molecule has 17 heavy (non-hydrogen) atoms. The lowest BCUT2D eigenvalue weighted by atomic mass is 10.2. The summed E-state index contributed by atoms with van der Waals surface area (Å²) in [7, 11) is 0. The molecule has 0 amide bonds. The SMILES string of the molecule is CCOc1cccn2nc(C3CCCN3)nc12. The third-order valence-corrected chi connectivity index (χ3v) is 3.01. The molecule has 3 heterocycles. The lowest BCUT2D eigenvalue weighted by Crippen LogP contribution is -2.14. The van der Waals surface area contributed by atoms with E-state index < -0.39 is 0 Å². The largest absolute Gasteiger partial charge is 0.490 e. The molecule has 1 fully saturated rings. The van der Waals surface area contributed by atoms with Crippen LogP contribution in [0.1, 0.15) is 31.6 Å². The molecule has 0 saturated carbocycles. The van der Waals surface area contributed by atoms with E-state index >= 15 is 0 Å². The molecule has 5 nitrogen and oxygen atoms in total. The van der Waals surface area contributed by atoms with Gasteiger partial charge in [0.2, 0.25) is 0 Å². The lowest BCUT2D eigenvalue weighted by Gasteiger charge is -2.02. The minimum absolute atomic E-state index is 0.296. The van der Waals surface area contributed by atoms with Crippen molar-refractivity contribution in [2.24, 2.45) is 0 Å². The zero-order valence-electron chi connectivity index (χ0n) is 9.89. The third kappa shape index (κ3) is 1.86. The van der Waals surface area contributed by atoms with Gasteiger partial charge in [0.25, 0.3) is 0 Å². The molecule has 1 atom stereocenters. The van der Waals surface area contributed by atoms with Gasteiger partial charge in [-0.3, -0.25) is 0 Å². The standard InChI is InChI=1S/C12H16N4O/c1-2-17-10-6-4-8-16-12(10)14-11(15-16)9-5-3-7-13-9/h4,6,8-9,13H,2-3,5,7H2,1H3. The molecule has 2 aromatic heterocycles. The Kier molecular flexibility index (Phi) is 2.68. The van der Waals surface area contributed by atoms with Gasteiger partial charge >= 0.3 is 0 Å². The van der Waals surface area contributed by atoms with Gasteiger partial charge in [-0.2, -0.15) is 0 Å². The van der Waals surface area contributed by atoms with Crippen molar-refractivity contribution in [3.05, 3.63) is 24.2 Å². The lowest BCUT2D eigenvalue weighted by molar-refractivity contribution is 0.342. The van der Waals surface area contributed by atoms with Gasteiger partial charge in [-0.25, -0.2) is 9.50 Å². The molecular weight excluding hydrogens is 216 g/mol. The summed E-state index contributed by atoms with van der Waals surface area (Å²) in [6.07, 6.45) is 4.21. The van der Waals surface area contributed by atoms with Crippen molar-refractivity contribution in [3.8, 4) is 5.75 Å². The van der Waals surface area contributed by atoms with Crippen molar-refractivity contribution in [3.63, 3.8) is 0 Å². The molecule has 1 aliphatic rings. The van der Waals surface area contributed by atoms with Crippen LogP contribution in [0.25, 0.3) is 5.65 Å². The summed E-state index contributed by atoms with van der Waals surface area (Å²) in [5.74, 6) is 1.67. The summed E-state index contributed by atoms with van der Waals surface area (Å²) >= 11 is 0. The van der Waals surface area contributed by atoms with Gasteiger partial charge in [0.1, 0.15) is 0 Å². The molecular formula is C12H16N4O. The second-order valence-electron chi connectivity index (χ2n) is 4.19.